The summed E-state index contributed by atoms with van der Waals surface area (Å²) in [5.74, 6) is -4.42. The second-order valence-electron chi connectivity index (χ2n) is 2.96. The van der Waals surface area contributed by atoms with Gasteiger partial charge in [0.25, 0.3) is 0 Å². The molecule has 1 N–H and O–H groups in total. The summed E-state index contributed by atoms with van der Waals surface area (Å²) >= 11 is 5.59. The van der Waals surface area contributed by atoms with Crippen molar-refractivity contribution in [1.82, 2.24) is 9.97 Å². The molecular weight excluding hydrogens is 266 g/mol. The van der Waals surface area contributed by atoms with Crippen LogP contribution >= 0.6 is 11.6 Å². The molecule has 0 unspecified atom stereocenters. The van der Waals surface area contributed by atoms with Crippen molar-refractivity contribution in [3.8, 4) is 5.75 Å². The molecule has 0 aliphatic heterocycles. The third-order valence-corrected chi connectivity index (χ3v) is 2.04. The Morgan fingerprint density at radius 3 is 2.65 bits per heavy atom. The van der Waals surface area contributed by atoms with Gasteiger partial charge in [-0.1, -0.05) is 11.6 Å². The van der Waals surface area contributed by atoms with Gasteiger partial charge in [-0.05, 0) is 0 Å². The Kier molecular flexibility index (Phi) is 4.33. The first-order valence-electron chi connectivity index (χ1n) is 4.33. The molecule has 0 fully saturated rings. The number of rotatable bonds is 5. The number of nitrogens with zero attached hydrogens (tertiary/aromatic N) is 2. The topological polar surface area (TPSA) is 47.0 Å². The molecule has 1 aromatic heterocycles. The molecule has 9 heteroatoms. The van der Waals surface area contributed by atoms with Gasteiger partial charge in [0.15, 0.2) is 16.7 Å². The van der Waals surface area contributed by atoms with Gasteiger partial charge in [-0.15, -0.1) is 0 Å². The number of halogens is 5. The first kappa shape index (κ1) is 13.8. The van der Waals surface area contributed by atoms with E-state index in [9.17, 15) is 17.6 Å². The molecule has 1 heterocycles. The predicted octanol–water partition coefficient (Wildman–Crippen LogP) is 2.45. The van der Waals surface area contributed by atoms with E-state index >= 15 is 0 Å². The highest BCUT2D eigenvalue weighted by Crippen LogP contribution is 2.30. The standard InChI is InChI=1S/C8H8ClF4N3O/c1-17-4-5(9)15-3-16-6(4)14-2-8(12,13)7(10)11/h3,7H,2H2,1H3,(H,14,15,16). The quantitative estimate of drug-likeness (QED) is 0.661. The number of aromatic nitrogens is 2. The van der Waals surface area contributed by atoms with Crippen LogP contribution in [0.15, 0.2) is 6.33 Å². The van der Waals surface area contributed by atoms with E-state index in [1.165, 1.54) is 7.11 Å². The van der Waals surface area contributed by atoms with Crippen molar-refractivity contribution in [3.63, 3.8) is 0 Å². The Morgan fingerprint density at radius 2 is 2.12 bits per heavy atom. The minimum atomic E-state index is -4.16. The van der Waals surface area contributed by atoms with E-state index in [0.29, 0.717) is 0 Å². The van der Waals surface area contributed by atoms with E-state index < -0.39 is 18.9 Å². The van der Waals surface area contributed by atoms with Crippen molar-refractivity contribution >= 4 is 17.4 Å². The number of alkyl halides is 4. The number of anilines is 1. The molecule has 0 radical (unpaired) electrons. The fourth-order valence-corrected chi connectivity index (χ4v) is 1.15. The van der Waals surface area contributed by atoms with Crippen molar-refractivity contribution in [2.45, 2.75) is 12.3 Å². The van der Waals surface area contributed by atoms with E-state index in [1.807, 2.05) is 5.32 Å². The van der Waals surface area contributed by atoms with Crippen LogP contribution in [0.25, 0.3) is 0 Å². The lowest BCUT2D eigenvalue weighted by Crippen LogP contribution is -2.35. The van der Waals surface area contributed by atoms with Crippen LogP contribution in [0.5, 0.6) is 5.75 Å². The van der Waals surface area contributed by atoms with E-state index in [2.05, 4.69) is 9.97 Å². The highest BCUT2D eigenvalue weighted by Gasteiger charge is 2.40. The van der Waals surface area contributed by atoms with E-state index in [1.54, 1.807) is 0 Å². The molecule has 0 saturated carbocycles. The summed E-state index contributed by atoms with van der Waals surface area (Å²) in [6.07, 6.45) is -2.77. The lowest BCUT2D eigenvalue weighted by atomic mass is 10.3. The molecule has 0 aliphatic carbocycles. The number of methoxy groups -OCH3 is 1. The van der Waals surface area contributed by atoms with Crippen molar-refractivity contribution in [1.29, 1.82) is 0 Å². The predicted molar refractivity (Wildman–Crippen MR) is 53.0 cm³/mol. The van der Waals surface area contributed by atoms with Crippen molar-refractivity contribution in [3.05, 3.63) is 11.5 Å². The molecule has 17 heavy (non-hydrogen) atoms. The highest BCUT2D eigenvalue weighted by molar-refractivity contribution is 6.31. The summed E-state index contributed by atoms with van der Waals surface area (Å²) in [5, 5.41) is 1.93. The van der Waals surface area contributed by atoms with Crippen LogP contribution in [0.4, 0.5) is 23.4 Å². The largest absolute Gasteiger partial charge is 0.490 e. The zero-order valence-corrected chi connectivity index (χ0v) is 9.31. The average Bonchev–Trinajstić information content (AvgIpc) is 2.26. The van der Waals surface area contributed by atoms with E-state index in [0.717, 1.165) is 6.33 Å². The van der Waals surface area contributed by atoms with Crippen LogP contribution in [-0.2, 0) is 0 Å². The molecular formula is C8H8ClF4N3O. The van der Waals surface area contributed by atoms with Crippen LogP contribution in [0, 0.1) is 0 Å². The average molecular weight is 274 g/mol. The summed E-state index contributed by atoms with van der Waals surface area (Å²) in [6, 6.07) is 0. The highest BCUT2D eigenvalue weighted by atomic mass is 35.5. The van der Waals surface area contributed by atoms with Crippen molar-refractivity contribution in [2.24, 2.45) is 0 Å². The zero-order valence-electron chi connectivity index (χ0n) is 8.55. The van der Waals surface area contributed by atoms with E-state index in [4.69, 9.17) is 16.3 Å². The summed E-state index contributed by atoms with van der Waals surface area (Å²) in [4.78, 5) is 7.11. The van der Waals surface area contributed by atoms with Crippen LogP contribution in [0.1, 0.15) is 0 Å². The van der Waals surface area contributed by atoms with Crippen LogP contribution in [0.3, 0.4) is 0 Å². The van der Waals surface area contributed by atoms with Crippen LogP contribution in [0.2, 0.25) is 5.15 Å². The second kappa shape index (κ2) is 5.35. The maximum atomic E-state index is 12.6. The SMILES string of the molecule is COc1c(Cl)ncnc1NCC(F)(F)C(F)F. The number of hydrogen-bond acceptors (Lipinski definition) is 4. The van der Waals surface area contributed by atoms with Gasteiger partial charge in [0.2, 0.25) is 0 Å². The Morgan fingerprint density at radius 1 is 1.47 bits per heavy atom. The van der Waals surface area contributed by atoms with Gasteiger partial charge >= 0.3 is 12.3 Å². The second-order valence-corrected chi connectivity index (χ2v) is 3.32. The summed E-state index contributed by atoms with van der Waals surface area (Å²) in [7, 11) is 1.22. The molecule has 1 rings (SSSR count). The van der Waals surface area contributed by atoms with Gasteiger partial charge in [-0.2, -0.15) is 8.78 Å². The molecule has 0 saturated heterocycles. The zero-order chi connectivity index (χ0) is 13.1. The Bertz CT molecular complexity index is 391. The monoisotopic (exact) mass is 273 g/mol. The molecule has 0 aromatic carbocycles. The smallest absolute Gasteiger partial charge is 0.324 e. The Balaban J connectivity index is 2.79. The van der Waals surface area contributed by atoms with Gasteiger partial charge in [-0.25, -0.2) is 18.7 Å². The molecule has 0 bridgehead atoms. The number of ether oxygens (including phenoxy) is 1. The number of hydrogen-bond donors (Lipinski definition) is 1. The molecule has 4 nitrogen and oxygen atoms in total. The van der Waals surface area contributed by atoms with E-state index in [-0.39, 0.29) is 16.7 Å². The molecule has 96 valence electrons. The number of nitrogens with one attached hydrogen (secondary N) is 1. The normalized spacial score (nSPS) is 11.7. The molecule has 1 aromatic rings. The Labute approximate surface area is 99.0 Å². The van der Waals surface area contributed by atoms with Crippen molar-refractivity contribution < 1.29 is 22.3 Å². The lowest BCUT2D eigenvalue weighted by molar-refractivity contribution is -0.117. The summed E-state index contributed by atoms with van der Waals surface area (Å²) in [6.45, 7) is -1.28. The minimum Gasteiger partial charge on any atom is -0.490 e. The van der Waals surface area contributed by atoms with Gasteiger partial charge in [-0.3, -0.25) is 0 Å². The third-order valence-electron chi connectivity index (χ3n) is 1.78. The van der Waals surface area contributed by atoms with Gasteiger partial charge in [0.1, 0.15) is 6.33 Å². The lowest BCUT2D eigenvalue weighted by Gasteiger charge is -2.17. The molecule has 0 aliphatic rings. The van der Waals surface area contributed by atoms with Crippen LogP contribution in [-0.4, -0.2) is 36.0 Å². The maximum Gasteiger partial charge on any atom is 0.324 e. The summed E-state index contributed by atoms with van der Waals surface area (Å²) < 4.78 is 53.8. The fraction of sp³-hybridized carbons (Fsp3) is 0.500. The molecule has 0 amide bonds. The first-order valence-corrected chi connectivity index (χ1v) is 4.70. The van der Waals surface area contributed by atoms with Gasteiger partial charge < -0.3 is 10.1 Å². The van der Waals surface area contributed by atoms with Crippen molar-refractivity contribution in [2.75, 3.05) is 19.0 Å². The third kappa shape index (κ3) is 3.32. The fourth-order valence-electron chi connectivity index (χ4n) is 0.938. The minimum absolute atomic E-state index is 0.0840. The molecule has 0 spiro atoms. The van der Waals surface area contributed by atoms with Crippen LogP contribution < -0.4 is 10.1 Å². The maximum absolute atomic E-state index is 12.6. The molecule has 0 atom stereocenters. The first-order chi connectivity index (χ1) is 7.88. The Hall–Kier alpha value is -1.31. The van der Waals surface area contributed by atoms with Gasteiger partial charge in [0.05, 0.1) is 13.7 Å². The van der Waals surface area contributed by atoms with Gasteiger partial charge in [0, 0.05) is 0 Å². The summed E-state index contributed by atoms with van der Waals surface area (Å²) in [5.41, 5.74) is 0.